The van der Waals surface area contributed by atoms with Crippen LogP contribution in [0.5, 0.6) is 5.75 Å². The average molecular weight is 263 g/mol. The summed E-state index contributed by atoms with van der Waals surface area (Å²) >= 11 is 0. The van der Waals surface area contributed by atoms with Crippen molar-refractivity contribution < 1.29 is 14.3 Å². The van der Waals surface area contributed by atoms with Gasteiger partial charge in [0.2, 0.25) is 0 Å². The molecule has 0 aromatic heterocycles. The summed E-state index contributed by atoms with van der Waals surface area (Å²) in [5.41, 5.74) is 2.91. The summed E-state index contributed by atoms with van der Waals surface area (Å²) in [6.07, 6.45) is 1.43. The predicted octanol–water partition coefficient (Wildman–Crippen LogP) is 0.670. The summed E-state index contributed by atoms with van der Waals surface area (Å²) in [7, 11) is 1.56. The molecule has 0 saturated heterocycles. The number of carbonyl (C=O) groups excluding carboxylic acids is 2. The van der Waals surface area contributed by atoms with E-state index in [1.807, 2.05) is 0 Å². The topological polar surface area (TPSA) is 79.8 Å². The highest BCUT2D eigenvalue weighted by Gasteiger charge is 2.12. The number of ether oxygens (including phenoxy) is 1. The molecular formula is C13H17N3O3. The van der Waals surface area contributed by atoms with Crippen molar-refractivity contribution in [3.05, 3.63) is 29.8 Å². The number of methoxy groups -OCH3 is 1. The normalized spacial score (nSPS) is 10.5. The maximum Gasteiger partial charge on any atom is 0.329 e. The van der Waals surface area contributed by atoms with Gasteiger partial charge in [0.1, 0.15) is 5.75 Å². The van der Waals surface area contributed by atoms with Crippen LogP contribution in [0.2, 0.25) is 0 Å². The summed E-state index contributed by atoms with van der Waals surface area (Å²) in [4.78, 5) is 22.6. The van der Waals surface area contributed by atoms with Crippen molar-refractivity contribution in [2.75, 3.05) is 7.11 Å². The first-order valence-corrected chi connectivity index (χ1v) is 5.81. The lowest BCUT2D eigenvalue weighted by atomic mass is 10.2. The Labute approximate surface area is 111 Å². The van der Waals surface area contributed by atoms with Crippen molar-refractivity contribution >= 4 is 18.0 Å². The Balaban J connectivity index is 2.53. The van der Waals surface area contributed by atoms with Gasteiger partial charge in [0, 0.05) is 6.04 Å². The molecular weight excluding hydrogens is 246 g/mol. The fourth-order valence-electron chi connectivity index (χ4n) is 1.27. The smallest absolute Gasteiger partial charge is 0.329 e. The third-order valence-corrected chi connectivity index (χ3v) is 2.10. The molecule has 0 aliphatic rings. The van der Waals surface area contributed by atoms with Crippen LogP contribution in [-0.2, 0) is 9.59 Å². The largest absolute Gasteiger partial charge is 0.497 e. The number of hydrazone groups is 1. The van der Waals surface area contributed by atoms with Crippen molar-refractivity contribution in [3.63, 3.8) is 0 Å². The lowest BCUT2D eigenvalue weighted by Crippen LogP contribution is -2.41. The van der Waals surface area contributed by atoms with Gasteiger partial charge in [-0.15, -0.1) is 0 Å². The van der Waals surface area contributed by atoms with E-state index >= 15 is 0 Å². The minimum Gasteiger partial charge on any atom is -0.497 e. The van der Waals surface area contributed by atoms with E-state index in [9.17, 15) is 9.59 Å². The van der Waals surface area contributed by atoms with E-state index in [1.54, 1.807) is 45.2 Å². The van der Waals surface area contributed by atoms with E-state index in [-0.39, 0.29) is 6.04 Å². The van der Waals surface area contributed by atoms with Gasteiger partial charge in [-0.05, 0) is 31.5 Å². The maximum absolute atomic E-state index is 11.3. The Hall–Kier alpha value is -2.37. The number of nitrogens with one attached hydrogen (secondary N) is 2. The highest BCUT2D eigenvalue weighted by atomic mass is 16.5. The molecule has 0 saturated carbocycles. The molecule has 19 heavy (non-hydrogen) atoms. The van der Waals surface area contributed by atoms with Crippen LogP contribution in [0.15, 0.2) is 29.4 Å². The van der Waals surface area contributed by atoms with Crippen molar-refractivity contribution in [1.82, 2.24) is 10.7 Å². The molecule has 6 nitrogen and oxygen atoms in total. The van der Waals surface area contributed by atoms with Crippen LogP contribution in [0.25, 0.3) is 0 Å². The Bertz CT molecular complexity index is 484. The quantitative estimate of drug-likeness (QED) is 0.476. The summed E-state index contributed by atoms with van der Waals surface area (Å²) in [6.45, 7) is 3.54. The summed E-state index contributed by atoms with van der Waals surface area (Å²) < 4.78 is 5.05. The van der Waals surface area contributed by atoms with Crippen LogP contribution in [-0.4, -0.2) is 31.2 Å². The Morgan fingerprint density at radius 3 is 2.68 bits per heavy atom. The molecule has 0 heterocycles. The minimum absolute atomic E-state index is 0.0967. The molecule has 1 aromatic carbocycles. The molecule has 0 spiro atoms. The number of benzene rings is 1. The van der Waals surface area contributed by atoms with E-state index in [1.165, 1.54) is 6.21 Å². The first-order chi connectivity index (χ1) is 9.02. The fourth-order valence-corrected chi connectivity index (χ4v) is 1.27. The van der Waals surface area contributed by atoms with E-state index in [2.05, 4.69) is 15.8 Å². The van der Waals surface area contributed by atoms with Crippen LogP contribution < -0.4 is 15.5 Å². The van der Waals surface area contributed by atoms with Gasteiger partial charge < -0.3 is 10.1 Å². The molecule has 0 bridgehead atoms. The number of nitrogens with zero attached hydrogens (tertiary/aromatic N) is 1. The van der Waals surface area contributed by atoms with Gasteiger partial charge in [-0.2, -0.15) is 5.10 Å². The van der Waals surface area contributed by atoms with Crippen molar-refractivity contribution in [1.29, 1.82) is 0 Å². The Kier molecular flexibility index (Phi) is 5.53. The molecule has 1 aromatic rings. The monoisotopic (exact) mass is 263 g/mol. The Morgan fingerprint density at radius 1 is 1.32 bits per heavy atom. The van der Waals surface area contributed by atoms with Gasteiger partial charge in [0.15, 0.2) is 0 Å². The van der Waals surface area contributed by atoms with Crippen LogP contribution in [0.4, 0.5) is 0 Å². The summed E-state index contributed by atoms with van der Waals surface area (Å²) in [5, 5.41) is 6.17. The van der Waals surface area contributed by atoms with Crippen molar-refractivity contribution in [2.45, 2.75) is 19.9 Å². The number of carbonyl (C=O) groups is 2. The maximum atomic E-state index is 11.3. The van der Waals surface area contributed by atoms with Gasteiger partial charge >= 0.3 is 11.8 Å². The van der Waals surface area contributed by atoms with Gasteiger partial charge in [0.25, 0.3) is 0 Å². The molecule has 2 N–H and O–H groups in total. The zero-order valence-electron chi connectivity index (χ0n) is 11.1. The second-order valence-corrected chi connectivity index (χ2v) is 4.10. The van der Waals surface area contributed by atoms with Crippen LogP contribution in [0.1, 0.15) is 19.4 Å². The molecule has 0 aliphatic carbocycles. The van der Waals surface area contributed by atoms with Crippen LogP contribution in [0, 0.1) is 0 Å². The zero-order valence-corrected chi connectivity index (χ0v) is 11.1. The molecule has 1 rings (SSSR count). The van der Waals surface area contributed by atoms with Gasteiger partial charge in [-0.1, -0.05) is 12.1 Å². The molecule has 0 atom stereocenters. The van der Waals surface area contributed by atoms with E-state index in [0.717, 1.165) is 5.56 Å². The summed E-state index contributed by atoms with van der Waals surface area (Å²) in [5.74, 6) is -0.821. The van der Waals surface area contributed by atoms with Crippen molar-refractivity contribution in [2.24, 2.45) is 5.10 Å². The third kappa shape index (κ3) is 5.20. The van der Waals surface area contributed by atoms with E-state index in [4.69, 9.17) is 4.74 Å². The van der Waals surface area contributed by atoms with Gasteiger partial charge in [-0.25, -0.2) is 5.43 Å². The highest BCUT2D eigenvalue weighted by molar-refractivity contribution is 6.35. The van der Waals surface area contributed by atoms with Crippen LogP contribution in [0.3, 0.4) is 0 Å². The molecule has 0 aliphatic heterocycles. The van der Waals surface area contributed by atoms with Crippen molar-refractivity contribution in [3.8, 4) is 5.75 Å². The molecule has 0 unspecified atom stereocenters. The first-order valence-electron chi connectivity index (χ1n) is 5.81. The standard InChI is InChI=1S/C13H17N3O3/c1-9(2)15-12(17)13(18)16-14-8-10-5-4-6-11(7-10)19-3/h4-9H,1-3H3,(H,15,17)(H,16,18)/b14-8-. The zero-order chi connectivity index (χ0) is 14.3. The van der Waals surface area contributed by atoms with Gasteiger partial charge in [0.05, 0.1) is 13.3 Å². The Morgan fingerprint density at radius 2 is 2.05 bits per heavy atom. The molecule has 0 fully saturated rings. The first kappa shape index (κ1) is 14.7. The highest BCUT2D eigenvalue weighted by Crippen LogP contribution is 2.10. The molecule has 0 radical (unpaired) electrons. The van der Waals surface area contributed by atoms with E-state index < -0.39 is 11.8 Å². The molecule has 102 valence electrons. The second kappa shape index (κ2) is 7.15. The molecule has 6 heteroatoms. The number of hydrogen-bond donors (Lipinski definition) is 2. The number of rotatable bonds is 4. The fraction of sp³-hybridized carbons (Fsp3) is 0.308. The SMILES string of the molecule is COc1cccc(/C=N\NC(=O)C(=O)NC(C)C)c1. The third-order valence-electron chi connectivity index (χ3n) is 2.10. The summed E-state index contributed by atoms with van der Waals surface area (Å²) in [6, 6.07) is 7.05. The lowest BCUT2D eigenvalue weighted by Gasteiger charge is -2.06. The average Bonchev–Trinajstić information content (AvgIpc) is 2.38. The van der Waals surface area contributed by atoms with Crippen LogP contribution >= 0.6 is 0 Å². The van der Waals surface area contributed by atoms with Gasteiger partial charge in [-0.3, -0.25) is 9.59 Å². The lowest BCUT2D eigenvalue weighted by molar-refractivity contribution is -0.139. The second-order valence-electron chi connectivity index (χ2n) is 4.10. The molecule has 2 amide bonds. The predicted molar refractivity (Wildman–Crippen MR) is 72.0 cm³/mol. The minimum atomic E-state index is -0.798. The number of amides is 2. The number of hydrogen-bond acceptors (Lipinski definition) is 4. The van der Waals surface area contributed by atoms with E-state index in [0.29, 0.717) is 5.75 Å².